The fourth-order valence-electron chi connectivity index (χ4n) is 6.78. The number of nitrogens with zero attached hydrogens (tertiary/aromatic N) is 1. The highest BCUT2D eigenvalue weighted by Crippen LogP contribution is 2.48. The molecule has 4 N–H and O–H groups in total. The Morgan fingerprint density at radius 1 is 1.23 bits per heavy atom. The number of primary amides is 1. The Bertz CT molecular complexity index is 959. The molecule has 39 heavy (non-hydrogen) atoms. The maximum Gasteiger partial charge on any atom is 0.315 e. The molecule has 2 unspecified atom stereocenters. The smallest absolute Gasteiger partial charge is 0.315 e. The summed E-state index contributed by atoms with van der Waals surface area (Å²) in [5.74, 6) is -7.61. The summed E-state index contributed by atoms with van der Waals surface area (Å²) in [5.41, 5.74) is 3.29. The maximum absolute atomic E-state index is 15.3. The zero-order valence-electron chi connectivity index (χ0n) is 22.8. The van der Waals surface area contributed by atoms with Crippen molar-refractivity contribution in [2.75, 3.05) is 33.9 Å². The van der Waals surface area contributed by atoms with E-state index in [4.69, 9.17) is 10.5 Å². The summed E-state index contributed by atoms with van der Waals surface area (Å²) in [7, 11) is 3.26. The van der Waals surface area contributed by atoms with Crippen LogP contribution in [0.4, 0.5) is 26.7 Å². The Labute approximate surface area is 227 Å². The van der Waals surface area contributed by atoms with Crippen LogP contribution in [0.25, 0.3) is 0 Å². The molecular formula is C28H42F5N3O3. The van der Waals surface area contributed by atoms with Crippen LogP contribution in [0.1, 0.15) is 69.8 Å². The Hall–Kier alpha value is -1.98. The lowest BCUT2D eigenvalue weighted by Gasteiger charge is -2.51. The monoisotopic (exact) mass is 563 g/mol. The molecule has 4 atom stereocenters. The fourth-order valence-corrected chi connectivity index (χ4v) is 6.78. The quantitative estimate of drug-likeness (QED) is 0.183. The second-order valence-electron chi connectivity index (χ2n) is 11.2. The number of benzene rings is 1. The molecule has 2 amide bonds. The largest absolute Gasteiger partial charge is 0.385 e. The number of amides is 2. The summed E-state index contributed by atoms with van der Waals surface area (Å²) >= 11 is 0. The molecule has 0 bridgehead atoms. The molecule has 1 aromatic rings. The number of nitrogens with one attached hydrogen (secondary N) is 1. The van der Waals surface area contributed by atoms with E-state index >= 15 is 4.39 Å². The summed E-state index contributed by atoms with van der Waals surface area (Å²) in [5, 5.41) is 15.4. The standard InChI is InChI=1S/C28H42F5N3O3/c1-35-17-19(14-18-7-10-27(32,33)11-8-18)25-21(6-5-12-36(25)26(34)37)28(38,9-3-4-13-39-2)22-15-20(29)16-23(30)24(22)31/h15-16,18-19,21,25,35,38H,3-14,17H2,1-2H3,(H2,34,37)/t19-,21?,25?,28-/m0/s1. The molecule has 222 valence electrons. The number of alkyl halides is 2. The van der Waals surface area contributed by atoms with Crippen LogP contribution in [0.5, 0.6) is 0 Å². The number of hydrogen-bond acceptors (Lipinski definition) is 4. The predicted molar refractivity (Wildman–Crippen MR) is 138 cm³/mol. The molecule has 6 nitrogen and oxygen atoms in total. The first kappa shape index (κ1) is 31.5. The first-order chi connectivity index (χ1) is 18.4. The molecule has 1 aliphatic carbocycles. The molecule has 3 rings (SSSR count). The summed E-state index contributed by atoms with van der Waals surface area (Å²) < 4.78 is 76.9. The average molecular weight is 564 g/mol. The number of piperidine rings is 1. The van der Waals surface area contributed by atoms with Crippen molar-refractivity contribution in [2.24, 2.45) is 23.5 Å². The minimum absolute atomic E-state index is 0.0220. The van der Waals surface area contributed by atoms with Crippen molar-refractivity contribution in [3.8, 4) is 0 Å². The number of nitrogens with two attached hydrogens (primary N) is 1. The summed E-state index contributed by atoms with van der Waals surface area (Å²) in [6, 6.07) is -0.162. The van der Waals surface area contributed by atoms with Gasteiger partial charge in [0.25, 0.3) is 0 Å². The van der Waals surface area contributed by atoms with Gasteiger partial charge in [0.15, 0.2) is 11.6 Å². The lowest BCUT2D eigenvalue weighted by atomic mass is 9.65. The zero-order chi connectivity index (χ0) is 28.8. The highest BCUT2D eigenvalue weighted by Gasteiger charge is 2.51. The first-order valence-corrected chi connectivity index (χ1v) is 13.9. The Kier molecular flexibility index (Phi) is 11.0. The molecule has 1 heterocycles. The van der Waals surface area contributed by atoms with Crippen LogP contribution in [0, 0.1) is 35.2 Å². The van der Waals surface area contributed by atoms with Gasteiger partial charge in [-0.25, -0.2) is 26.7 Å². The number of unbranched alkanes of at least 4 members (excludes halogenated alkanes) is 1. The molecule has 1 aliphatic heterocycles. The molecule has 0 aromatic heterocycles. The Morgan fingerprint density at radius 3 is 2.54 bits per heavy atom. The molecule has 2 fully saturated rings. The molecule has 0 radical (unpaired) electrons. The third-order valence-electron chi connectivity index (χ3n) is 8.62. The van der Waals surface area contributed by atoms with Gasteiger partial charge in [-0.1, -0.05) is 0 Å². The van der Waals surface area contributed by atoms with E-state index in [0.717, 1.165) is 6.07 Å². The van der Waals surface area contributed by atoms with Gasteiger partial charge in [-0.05, 0) is 82.9 Å². The molecule has 1 saturated heterocycles. The van der Waals surface area contributed by atoms with Gasteiger partial charge in [-0.15, -0.1) is 0 Å². The highest BCUT2D eigenvalue weighted by atomic mass is 19.3. The number of halogens is 5. The highest BCUT2D eigenvalue weighted by molar-refractivity contribution is 5.72. The van der Waals surface area contributed by atoms with Crippen molar-refractivity contribution < 1.29 is 36.6 Å². The van der Waals surface area contributed by atoms with Crippen molar-refractivity contribution in [1.82, 2.24) is 10.2 Å². The number of aliphatic hydroxyl groups is 1. The van der Waals surface area contributed by atoms with E-state index in [0.29, 0.717) is 70.7 Å². The van der Waals surface area contributed by atoms with Crippen LogP contribution in [-0.2, 0) is 10.3 Å². The number of carbonyl (C=O) groups is 1. The number of ether oxygens (including phenoxy) is 1. The summed E-state index contributed by atoms with van der Waals surface area (Å²) in [4.78, 5) is 14.1. The van der Waals surface area contributed by atoms with Crippen LogP contribution in [0.3, 0.4) is 0 Å². The molecule has 1 saturated carbocycles. The minimum Gasteiger partial charge on any atom is -0.385 e. The van der Waals surface area contributed by atoms with Gasteiger partial charge < -0.3 is 25.8 Å². The van der Waals surface area contributed by atoms with E-state index in [2.05, 4.69) is 5.32 Å². The van der Waals surface area contributed by atoms with Crippen LogP contribution in [0.2, 0.25) is 0 Å². The number of urea groups is 1. The van der Waals surface area contributed by atoms with E-state index in [-0.39, 0.29) is 31.1 Å². The van der Waals surface area contributed by atoms with E-state index < -0.39 is 52.5 Å². The number of carbonyl (C=O) groups excluding carboxylic acids is 1. The first-order valence-electron chi connectivity index (χ1n) is 13.9. The van der Waals surface area contributed by atoms with Gasteiger partial charge in [0, 0.05) is 56.7 Å². The second-order valence-corrected chi connectivity index (χ2v) is 11.2. The van der Waals surface area contributed by atoms with Crippen molar-refractivity contribution in [1.29, 1.82) is 0 Å². The average Bonchev–Trinajstić information content (AvgIpc) is 2.89. The minimum atomic E-state index is -2.69. The topological polar surface area (TPSA) is 87.8 Å². The molecule has 0 spiro atoms. The maximum atomic E-state index is 15.3. The normalized spacial score (nSPS) is 24.4. The van der Waals surface area contributed by atoms with Gasteiger partial charge >= 0.3 is 6.03 Å². The predicted octanol–water partition coefficient (Wildman–Crippen LogP) is 5.32. The van der Waals surface area contributed by atoms with Crippen LogP contribution < -0.4 is 11.1 Å². The van der Waals surface area contributed by atoms with Crippen molar-refractivity contribution in [3.63, 3.8) is 0 Å². The fraction of sp³-hybridized carbons (Fsp3) is 0.750. The lowest BCUT2D eigenvalue weighted by molar-refractivity contribution is -0.0975. The number of hydrogen-bond donors (Lipinski definition) is 3. The van der Waals surface area contributed by atoms with Gasteiger partial charge in [-0.3, -0.25) is 0 Å². The summed E-state index contributed by atoms with van der Waals surface area (Å²) in [6.07, 6.45) is 2.39. The molecule has 2 aliphatic rings. The number of likely N-dealkylation sites (tertiary alicyclic amines) is 1. The Morgan fingerprint density at radius 2 is 1.92 bits per heavy atom. The second kappa shape index (κ2) is 13.6. The molecule has 11 heteroatoms. The van der Waals surface area contributed by atoms with Crippen LogP contribution in [0.15, 0.2) is 12.1 Å². The van der Waals surface area contributed by atoms with Gasteiger partial charge in [-0.2, -0.15) is 0 Å². The van der Waals surface area contributed by atoms with E-state index in [1.165, 1.54) is 12.0 Å². The summed E-state index contributed by atoms with van der Waals surface area (Å²) in [6.45, 7) is 1.07. The number of methoxy groups -OCH3 is 1. The molecule has 1 aromatic carbocycles. The van der Waals surface area contributed by atoms with E-state index in [1.54, 1.807) is 7.05 Å². The van der Waals surface area contributed by atoms with Gasteiger partial charge in [0.05, 0.1) is 5.60 Å². The third-order valence-corrected chi connectivity index (χ3v) is 8.62. The van der Waals surface area contributed by atoms with Crippen LogP contribution >= 0.6 is 0 Å². The van der Waals surface area contributed by atoms with Crippen molar-refractivity contribution in [3.05, 3.63) is 35.1 Å². The van der Waals surface area contributed by atoms with Crippen LogP contribution in [-0.4, -0.2) is 61.9 Å². The van der Waals surface area contributed by atoms with Gasteiger partial charge in [0.2, 0.25) is 5.92 Å². The molecular weight excluding hydrogens is 521 g/mol. The lowest BCUT2D eigenvalue weighted by Crippen LogP contribution is -2.60. The van der Waals surface area contributed by atoms with Crippen molar-refractivity contribution >= 4 is 6.03 Å². The van der Waals surface area contributed by atoms with E-state index in [1.807, 2.05) is 0 Å². The van der Waals surface area contributed by atoms with Crippen molar-refractivity contribution in [2.45, 2.75) is 81.8 Å². The zero-order valence-corrected chi connectivity index (χ0v) is 22.8. The third kappa shape index (κ3) is 7.61. The Balaban J connectivity index is 2.06. The van der Waals surface area contributed by atoms with E-state index in [9.17, 15) is 27.5 Å². The number of rotatable bonds is 12. The van der Waals surface area contributed by atoms with Gasteiger partial charge in [0.1, 0.15) is 5.82 Å². The SMILES string of the molecule is CNC[C@H](CC1CCC(F)(F)CC1)C1C([C@@](O)(CCCCOC)c2cc(F)cc(F)c2F)CCCN1C(N)=O.